The van der Waals surface area contributed by atoms with Gasteiger partial charge in [0, 0.05) is 6.07 Å². The monoisotopic (exact) mass is 238 g/mol. The highest BCUT2D eigenvalue weighted by molar-refractivity contribution is 5.78. The van der Waals surface area contributed by atoms with Gasteiger partial charge in [-0.25, -0.2) is 4.79 Å². The maximum Gasteiger partial charge on any atom is 0.349 e. The van der Waals surface area contributed by atoms with Gasteiger partial charge in [-0.15, -0.1) is 0 Å². The molecule has 0 aromatic heterocycles. The van der Waals surface area contributed by atoms with Gasteiger partial charge in [-0.05, 0) is 32.9 Å². The number of rotatable bonds is 5. The third-order valence-corrected chi connectivity index (χ3v) is 2.17. The Morgan fingerprint density at radius 3 is 2.53 bits per heavy atom. The van der Waals surface area contributed by atoms with Gasteiger partial charge in [0.1, 0.15) is 11.5 Å². The first-order valence-corrected chi connectivity index (χ1v) is 5.50. The average Bonchev–Trinajstić information content (AvgIpc) is 2.28. The van der Waals surface area contributed by atoms with Crippen molar-refractivity contribution in [3.05, 3.63) is 24.3 Å². The van der Waals surface area contributed by atoms with Crippen LogP contribution < -0.4 is 9.47 Å². The van der Waals surface area contributed by atoms with E-state index in [9.17, 15) is 4.79 Å². The van der Waals surface area contributed by atoms with Gasteiger partial charge in [0.2, 0.25) is 0 Å². The second-order valence-corrected chi connectivity index (χ2v) is 4.01. The normalized spacial score (nSPS) is 10.8. The highest BCUT2D eigenvalue weighted by Gasteiger charge is 2.31. The van der Waals surface area contributed by atoms with Gasteiger partial charge in [-0.1, -0.05) is 6.07 Å². The SMILES string of the molecule is CCOc1cccc(OC(C)(C)C(=O)OC)c1. The first-order valence-electron chi connectivity index (χ1n) is 5.50. The molecule has 17 heavy (non-hydrogen) atoms. The molecule has 0 N–H and O–H groups in total. The molecule has 0 heterocycles. The van der Waals surface area contributed by atoms with Gasteiger partial charge in [0.15, 0.2) is 5.60 Å². The summed E-state index contributed by atoms with van der Waals surface area (Å²) in [5.41, 5.74) is -1.01. The summed E-state index contributed by atoms with van der Waals surface area (Å²) in [6.45, 7) is 5.81. The maximum absolute atomic E-state index is 11.5. The highest BCUT2D eigenvalue weighted by atomic mass is 16.6. The second-order valence-electron chi connectivity index (χ2n) is 4.01. The molecule has 0 spiro atoms. The molecule has 0 aliphatic carbocycles. The fourth-order valence-corrected chi connectivity index (χ4v) is 1.38. The summed E-state index contributed by atoms with van der Waals surface area (Å²) >= 11 is 0. The van der Waals surface area contributed by atoms with E-state index in [2.05, 4.69) is 4.74 Å². The second kappa shape index (κ2) is 5.57. The number of esters is 1. The summed E-state index contributed by atoms with van der Waals surface area (Å²) in [7, 11) is 1.34. The Hall–Kier alpha value is -1.71. The van der Waals surface area contributed by atoms with Crippen LogP contribution in [0.2, 0.25) is 0 Å². The minimum absolute atomic E-state index is 0.417. The lowest BCUT2D eigenvalue weighted by atomic mass is 10.1. The van der Waals surface area contributed by atoms with E-state index in [1.807, 2.05) is 19.1 Å². The van der Waals surface area contributed by atoms with Gasteiger partial charge >= 0.3 is 5.97 Å². The molecule has 4 heteroatoms. The summed E-state index contributed by atoms with van der Waals surface area (Å²) < 4.78 is 15.6. The van der Waals surface area contributed by atoms with Crippen LogP contribution in [0.1, 0.15) is 20.8 Å². The smallest absolute Gasteiger partial charge is 0.349 e. The maximum atomic E-state index is 11.5. The molecule has 0 fully saturated rings. The quantitative estimate of drug-likeness (QED) is 0.739. The van der Waals surface area contributed by atoms with Gasteiger partial charge in [0.05, 0.1) is 13.7 Å². The number of hydrogen-bond acceptors (Lipinski definition) is 4. The van der Waals surface area contributed by atoms with Crippen LogP contribution in [0.15, 0.2) is 24.3 Å². The summed E-state index contributed by atoms with van der Waals surface area (Å²) in [6.07, 6.45) is 0. The largest absolute Gasteiger partial charge is 0.494 e. The lowest BCUT2D eigenvalue weighted by Crippen LogP contribution is -2.39. The summed E-state index contributed by atoms with van der Waals surface area (Å²) in [4.78, 5) is 11.5. The molecular weight excluding hydrogens is 220 g/mol. The number of methoxy groups -OCH3 is 1. The van der Waals surface area contributed by atoms with E-state index in [0.717, 1.165) is 0 Å². The van der Waals surface area contributed by atoms with E-state index >= 15 is 0 Å². The van der Waals surface area contributed by atoms with Gasteiger partial charge in [-0.3, -0.25) is 0 Å². The van der Waals surface area contributed by atoms with Crippen LogP contribution >= 0.6 is 0 Å². The van der Waals surface area contributed by atoms with E-state index in [1.165, 1.54) is 7.11 Å². The number of carbonyl (C=O) groups is 1. The number of benzene rings is 1. The summed E-state index contributed by atoms with van der Waals surface area (Å²) in [5, 5.41) is 0. The molecule has 1 aromatic carbocycles. The molecule has 0 amide bonds. The highest BCUT2D eigenvalue weighted by Crippen LogP contribution is 2.24. The third-order valence-electron chi connectivity index (χ3n) is 2.17. The number of hydrogen-bond donors (Lipinski definition) is 0. The Morgan fingerprint density at radius 1 is 1.29 bits per heavy atom. The third kappa shape index (κ3) is 3.66. The predicted octanol–water partition coefficient (Wildman–Crippen LogP) is 2.42. The van der Waals surface area contributed by atoms with Crippen molar-refractivity contribution in [1.82, 2.24) is 0 Å². The molecule has 0 unspecified atom stereocenters. The number of carbonyl (C=O) groups excluding carboxylic acids is 1. The number of ether oxygens (including phenoxy) is 3. The Balaban J connectivity index is 2.80. The van der Waals surface area contributed by atoms with Gasteiger partial charge < -0.3 is 14.2 Å². The molecular formula is C13H18O4. The fourth-order valence-electron chi connectivity index (χ4n) is 1.38. The van der Waals surface area contributed by atoms with Crippen LogP contribution in [0.4, 0.5) is 0 Å². The van der Waals surface area contributed by atoms with E-state index in [4.69, 9.17) is 9.47 Å². The fraction of sp³-hybridized carbons (Fsp3) is 0.462. The van der Waals surface area contributed by atoms with Gasteiger partial charge in [-0.2, -0.15) is 0 Å². The molecule has 0 saturated carbocycles. The van der Waals surface area contributed by atoms with Crippen molar-refractivity contribution in [2.24, 2.45) is 0 Å². The topological polar surface area (TPSA) is 44.8 Å². The van der Waals surface area contributed by atoms with Gasteiger partial charge in [0.25, 0.3) is 0 Å². The van der Waals surface area contributed by atoms with Crippen LogP contribution in [-0.4, -0.2) is 25.3 Å². The lowest BCUT2D eigenvalue weighted by Gasteiger charge is -2.23. The lowest BCUT2D eigenvalue weighted by molar-refractivity contribution is -0.156. The molecule has 1 rings (SSSR count). The molecule has 0 aliphatic heterocycles. The zero-order chi connectivity index (χ0) is 12.9. The van der Waals surface area contributed by atoms with Crippen LogP contribution in [0.25, 0.3) is 0 Å². The van der Waals surface area contributed by atoms with Crippen molar-refractivity contribution in [2.75, 3.05) is 13.7 Å². The summed E-state index contributed by atoms with van der Waals surface area (Å²) in [5.74, 6) is 0.872. The van der Waals surface area contributed by atoms with E-state index in [0.29, 0.717) is 18.1 Å². The van der Waals surface area contributed by atoms with E-state index < -0.39 is 11.6 Å². The van der Waals surface area contributed by atoms with Crippen molar-refractivity contribution >= 4 is 5.97 Å². The minimum Gasteiger partial charge on any atom is -0.494 e. The summed E-state index contributed by atoms with van der Waals surface area (Å²) in [6, 6.07) is 7.16. The van der Waals surface area contributed by atoms with Crippen molar-refractivity contribution in [2.45, 2.75) is 26.4 Å². The average molecular weight is 238 g/mol. The van der Waals surface area contributed by atoms with Crippen molar-refractivity contribution in [1.29, 1.82) is 0 Å². The Bertz CT molecular complexity index is 385. The Morgan fingerprint density at radius 2 is 1.94 bits per heavy atom. The molecule has 0 atom stereocenters. The standard InChI is InChI=1S/C13H18O4/c1-5-16-10-7-6-8-11(9-10)17-13(2,3)12(14)15-4/h6-9H,5H2,1-4H3. The van der Waals surface area contributed by atoms with Crippen molar-refractivity contribution in [3.63, 3.8) is 0 Å². The molecule has 0 aliphatic rings. The predicted molar refractivity (Wildman–Crippen MR) is 64.3 cm³/mol. The van der Waals surface area contributed by atoms with E-state index in [1.54, 1.807) is 26.0 Å². The molecule has 4 nitrogen and oxygen atoms in total. The Kier molecular flexibility index (Phi) is 4.37. The van der Waals surface area contributed by atoms with Crippen LogP contribution in [-0.2, 0) is 9.53 Å². The molecule has 0 radical (unpaired) electrons. The molecule has 94 valence electrons. The van der Waals surface area contributed by atoms with Crippen molar-refractivity contribution in [3.8, 4) is 11.5 Å². The van der Waals surface area contributed by atoms with Crippen LogP contribution in [0.3, 0.4) is 0 Å². The molecule has 1 aromatic rings. The zero-order valence-corrected chi connectivity index (χ0v) is 10.6. The van der Waals surface area contributed by atoms with E-state index in [-0.39, 0.29) is 0 Å². The first-order chi connectivity index (χ1) is 7.99. The van der Waals surface area contributed by atoms with Crippen LogP contribution in [0, 0.1) is 0 Å². The van der Waals surface area contributed by atoms with Crippen LogP contribution in [0.5, 0.6) is 11.5 Å². The first kappa shape index (κ1) is 13.4. The minimum atomic E-state index is -1.01. The Labute approximate surface area is 101 Å². The molecule has 0 bridgehead atoms. The molecule has 0 saturated heterocycles. The zero-order valence-electron chi connectivity index (χ0n) is 10.6. The van der Waals surface area contributed by atoms with Crippen molar-refractivity contribution < 1.29 is 19.0 Å².